The predicted octanol–water partition coefficient (Wildman–Crippen LogP) is 4.37. The summed E-state index contributed by atoms with van der Waals surface area (Å²) in [6, 6.07) is 23.7. The number of hydrogen-bond acceptors (Lipinski definition) is 3. The molecule has 4 heteroatoms. The SMILES string of the molecule is O=C1C[C@H](c2ccccc2)[C@H]([C@@H](O)c2cccs2)N1Cc1ccccc1. The molecular formula is C22H21NO2S. The normalized spacial score (nSPS) is 21.1. The first-order chi connectivity index (χ1) is 12.7. The Kier molecular flexibility index (Phi) is 4.87. The smallest absolute Gasteiger partial charge is 0.223 e. The van der Waals surface area contributed by atoms with E-state index in [0.717, 1.165) is 16.0 Å². The molecule has 1 amide bonds. The van der Waals surface area contributed by atoms with E-state index < -0.39 is 6.10 Å². The first-order valence-electron chi connectivity index (χ1n) is 8.84. The average molecular weight is 363 g/mol. The van der Waals surface area contributed by atoms with Crippen LogP contribution in [0.4, 0.5) is 0 Å². The van der Waals surface area contributed by atoms with Crippen molar-refractivity contribution in [3.63, 3.8) is 0 Å². The van der Waals surface area contributed by atoms with Gasteiger partial charge in [-0.3, -0.25) is 4.79 Å². The Bertz CT molecular complexity index is 848. The maximum atomic E-state index is 12.9. The van der Waals surface area contributed by atoms with E-state index in [1.54, 1.807) is 0 Å². The lowest BCUT2D eigenvalue weighted by atomic mass is 9.88. The fourth-order valence-electron chi connectivity index (χ4n) is 3.82. The van der Waals surface area contributed by atoms with E-state index in [0.29, 0.717) is 13.0 Å². The van der Waals surface area contributed by atoms with Crippen molar-refractivity contribution in [2.75, 3.05) is 0 Å². The number of rotatable bonds is 5. The Morgan fingerprint density at radius 1 is 1.00 bits per heavy atom. The summed E-state index contributed by atoms with van der Waals surface area (Å²) in [4.78, 5) is 15.6. The number of nitrogens with zero attached hydrogens (tertiary/aromatic N) is 1. The summed E-state index contributed by atoms with van der Waals surface area (Å²) < 4.78 is 0. The average Bonchev–Trinajstić information content (AvgIpc) is 3.32. The molecule has 0 saturated carbocycles. The van der Waals surface area contributed by atoms with E-state index in [9.17, 15) is 9.90 Å². The van der Waals surface area contributed by atoms with Crippen LogP contribution in [0.2, 0.25) is 0 Å². The van der Waals surface area contributed by atoms with Crippen LogP contribution in [0.5, 0.6) is 0 Å². The molecule has 3 nitrogen and oxygen atoms in total. The van der Waals surface area contributed by atoms with Crippen LogP contribution in [-0.2, 0) is 11.3 Å². The summed E-state index contributed by atoms with van der Waals surface area (Å²) >= 11 is 1.54. The third kappa shape index (κ3) is 3.30. The van der Waals surface area contributed by atoms with E-state index in [4.69, 9.17) is 0 Å². The Morgan fingerprint density at radius 3 is 2.35 bits per heavy atom. The highest BCUT2D eigenvalue weighted by molar-refractivity contribution is 7.10. The quantitative estimate of drug-likeness (QED) is 0.731. The molecule has 1 aliphatic rings. The van der Waals surface area contributed by atoms with Crippen molar-refractivity contribution in [3.05, 3.63) is 94.2 Å². The van der Waals surface area contributed by atoms with Crippen molar-refractivity contribution < 1.29 is 9.90 Å². The lowest BCUT2D eigenvalue weighted by Gasteiger charge is -2.32. The van der Waals surface area contributed by atoms with E-state index in [1.807, 2.05) is 70.9 Å². The third-order valence-corrected chi connectivity index (χ3v) is 6.01. The second-order valence-electron chi connectivity index (χ2n) is 6.68. The third-order valence-electron chi connectivity index (χ3n) is 5.07. The molecule has 1 saturated heterocycles. The summed E-state index contributed by atoms with van der Waals surface area (Å²) in [5, 5.41) is 13.1. The summed E-state index contributed by atoms with van der Waals surface area (Å²) in [7, 11) is 0. The van der Waals surface area contributed by atoms with Gasteiger partial charge in [0, 0.05) is 23.8 Å². The summed E-state index contributed by atoms with van der Waals surface area (Å²) in [6.07, 6.45) is -0.250. The molecule has 0 spiro atoms. The first kappa shape index (κ1) is 17.0. The molecule has 0 radical (unpaired) electrons. The summed E-state index contributed by atoms with van der Waals surface area (Å²) in [5.74, 6) is 0.0906. The van der Waals surface area contributed by atoms with Crippen molar-refractivity contribution >= 4 is 17.2 Å². The second kappa shape index (κ2) is 7.44. The Labute approximate surface area is 157 Å². The molecule has 0 aliphatic carbocycles. The fourth-order valence-corrected chi connectivity index (χ4v) is 4.57. The van der Waals surface area contributed by atoms with Crippen LogP contribution in [0.1, 0.15) is 34.4 Å². The molecule has 1 aromatic heterocycles. The van der Waals surface area contributed by atoms with Gasteiger partial charge in [0.2, 0.25) is 5.91 Å². The van der Waals surface area contributed by atoms with Gasteiger partial charge in [-0.25, -0.2) is 0 Å². The molecule has 132 valence electrons. The fraction of sp³-hybridized carbons (Fsp3) is 0.227. The molecule has 0 unspecified atom stereocenters. The number of amides is 1. The topological polar surface area (TPSA) is 40.5 Å². The highest BCUT2D eigenvalue weighted by Crippen LogP contribution is 2.42. The van der Waals surface area contributed by atoms with Gasteiger partial charge < -0.3 is 10.0 Å². The molecule has 3 atom stereocenters. The summed E-state index contributed by atoms with van der Waals surface area (Å²) in [5.41, 5.74) is 2.19. The Balaban J connectivity index is 1.70. The molecule has 1 aliphatic heterocycles. The highest BCUT2D eigenvalue weighted by atomic mass is 32.1. The number of carbonyl (C=O) groups is 1. The standard InChI is InChI=1S/C22H21NO2S/c24-20-14-18(17-10-5-2-6-11-17)21(22(25)19-12-7-13-26-19)23(20)15-16-8-3-1-4-9-16/h1-13,18,21-22,25H,14-15H2/t18-,21-,22+/m1/s1. The molecule has 0 bridgehead atoms. The van der Waals surface area contributed by atoms with Crippen molar-refractivity contribution in [1.29, 1.82) is 0 Å². The summed E-state index contributed by atoms with van der Waals surface area (Å²) in [6.45, 7) is 0.524. The van der Waals surface area contributed by atoms with E-state index in [1.165, 1.54) is 11.3 Å². The van der Waals surface area contributed by atoms with Crippen LogP contribution in [-0.4, -0.2) is 22.0 Å². The Hall–Kier alpha value is -2.43. The monoisotopic (exact) mass is 363 g/mol. The van der Waals surface area contributed by atoms with E-state index >= 15 is 0 Å². The number of likely N-dealkylation sites (tertiary alicyclic amines) is 1. The number of aliphatic hydroxyl groups is 1. The number of benzene rings is 2. The largest absolute Gasteiger partial charge is 0.385 e. The first-order valence-corrected chi connectivity index (χ1v) is 9.72. The van der Waals surface area contributed by atoms with Crippen LogP contribution in [0.3, 0.4) is 0 Å². The lowest BCUT2D eigenvalue weighted by Crippen LogP contribution is -2.38. The number of hydrogen-bond donors (Lipinski definition) is 1. The van der Waals surface area contributed by atoms with Crippen LogP contribution in [0, 0.1) is 0 Å². The van der Waals surface area contributed by atoms with Gasteiger partial charge in [-0.15, -0.1) is 11.3 Å². The Morgan fingerprint density at radius 2 is 1.69 bits per heavy atom. The van der Waals surface area contributed by atoms with Gasteiger partial charge in [-0.2, -0.15) is 0 Å². The number of aliphatic hydroxyl groups excluding tert-OH is 1. The zero-order chi connectivity index (χ0) is 17.9. The van der Waals surface area contributed by atoms with Gasteiger partial charge in [-0.05, 0) is 22.6 Å². The molecule has 2 aromatic carbocycles. The predicted molar refractivity (Wildman–Crippen MR) is 104 cm³/mol. The van der Waals surface area contributed by atoms with Crippen molar-refractivity contribution in [1.82, 2.24) is 4.90 Å². The molecule has 1 N–H and O–H groups in total. The van der Waals surface area contributed by atoms with Crippen molar-refractivity contribution in [3.8, 4) is 0 Å². The molecule has 2 heterocycles. The van der Waals surface area contributed by atoms with Gasteiger partial charge in [0.05, 0.1) is 6.04 Å². The molecule has 3 aromatic rings. The maximum Gasteiger partial charge on any atom is 0.223 e. The molecular weight excluding hydrogens is 342 g/mol. The van der Waals surface area contributed by atoms with Gasteiger partial charge in [0.25, 0.3) is 0 Å². The minimum atomic E-state index is -0.685. The molecule has 1 fully saturated rings. The van der Waals surface area contributed by atoms with Crippen molar-refractivity contribution in [2.45, 2.75) is 31.0 Å². The number of thiophene rings is 1. The molecule has 26 heavy (non-hydrogen) atoms. The molecule has 4 rings (SSSR count). The van der Waals surface area contributed by atoms with Gasteiger partial charge in [-0.1, -0.05) is 66.7 Å². The second-order valence-corrected chi connectivity index (χ2v) is 7.66. The van der Waals surface area contributed by atoms with E-state index in [-0.39, 0.29) is 17.9 Å². The zero-order valence-electron chi connectivity index (χ0n) is 14.4. The van der Waals surface area contributed by atoms with E-state index in [2.05, 4.69) is 12.1 Å². The van der Waals surface area contributed by atoms with Crippen molar-refractivity contribution in [2.24, 2.45) is 0 Å². The minimum absolute atomic E-state index is 0.00971. The van der Waals surface area contributed by atoms with Crippen LogP contribution in [0.25, 0.3) is 0 Å². The van der Waals surface area contributed by atoms with Crippen LogP contribution >= 0.6 is 11.3 Å². The highest BCUT2D eigenvalue weighted by Gasteiger charge is 2.44. The van der Waals surface area contributed by atoms with Gasteiger partial charge in [0.15, 0.2) is 0 Å². The van der Waals surface area contributed by atoms with Crippen LogP contribution in [0.15, 0.2) is 78.2 Å². The minimum Gasteiger partial charge on any atom is -0.385 e. The van der Waals surface area contributed by atoms with Gasteiger partial charge >= 0.3 is 0 Å². The van der Waals surface area contributed by atoms with Gasteiger partial charge in [0.1, 0.15) is 6.10 Å². The lowest BCUT2D eigenvalue weighted by molar-refractivity contribution is -0.131. The zero-order valence-corrected chi connectivity index (χ0v) is 15.2. The maximum absolute atomic E-state index is 12.9. The number of carbonyl (C=O) groups excluding carboxylic acids is 1. The van der Waals surface area contributed by atoms with Crippen LogP contribution < -0.4 is 0 Å².